The van der Waals surface area contributed by atoms with Gasteiger partial charge in [0.15, 0.2) is 0 Å². The third-order valence-electron chi connectivity index (χ3n) is 4.23. The zero-order valence-electron chi connectivity index (χ0n) is 12.4. The van der Waals surface area contributed by atoms with Crippen molar-refractivity contribution in [2.45, 2.75) is 66.1 Å². The van der Waals surface area contributed by atoms with Gasteiger partial charge in [-0.05, 0) is 25.7 Å². The van der Waals surface area contributed by atoms with Gasteiger partial charge in [-0.1, -0.05) is 34.1 Å². The van der Waals surface area contributed by atoms with Gasteiger partial charge in [0.05, 0.1) is 0 Å². The van der Waals surface area contributed by atoms with Crippen molar-refractivity contribution < 1.29 is 9.59 Å². The van der Waals surface area contributed by atoms with Gasteiger partial charge in [0.2, 0.25) is 11.8 Å². The van der Waals surface area contributed by atoms with E-state index in [0.29, 0.717) is 5.92 Å². The van der Waals surface area contributed by atoms with Crippen molar-refractivity contribution in [3.05, 3.63) is 0 Å². The number of nitrogens with one attached hydrogen (secondary N) is 1. The second kappa shape index (κ2) is 5.72. The van der Waals surface area contributed by atoms with E-state index in [2.05, 4.69) is 19.2 Å². The first-order valence-corrected chi connectivity index (χ1v) is 6.93. The molecule has 1 rings (SSSR count). The summed E-state index contributed by atoms with van der Waals surface area (Å²) in [7, 11) is 0. The number of hydrogen-bond acceptors (Lipinski definition) is 2. The van der Waals surface area contributed by atoms with E-state index in [9.17, 15) is 9.59 Å². The van der Waals surface area contributed by atoms with Crippen LogP contribution in [0.15, 0.2) is 0 Å². The fourth-order valence-electron chi connectivity index (χ4n) is 2.31. The smallest absolute Gasteiger partial charge is 0.246 e. The summed E-state index contributed by atoms with van der Waals surface area (Å²) in [6, 6.07) is -0.639. The maximum atomic E-state index is 12.5. The van der Waals surface area contributed by atoms with E-state index in [0.717, 1.165) is 6.42 Å². The summed E-state index contributed by atoms with van der Waals surface area (Å²) in [5.74, 6) is 0.556. The van der Waals surface area contributed by atoms with Gasteiger partial charge in [-0.2, -0.15) is 0 Å². The minimum Gasteiger partial charge on any atom is -0.342 e. The van der Waals surface area contributed by atoms with Crippen LogP contribution in [0.25, 0.3) is 0 Å². The van der Waals surface area contributed by atoms with Crippen LogP contribution in [0.5, 0.6) is 0 Å². The number of piperazine rings is 1. The number of rotatable bonds is 4. The minimum absolute atomic E-state index is 0.0348. The molecule has 1 fully saturated rings. The molecule has 4 heteroatoms. The van der Waals surface area contributed by atoms with Crippen LogP contribution in [-0.4, -0.2) is 34.8 Å². The van der Waals surface area contributed by atoms with Crippen molar-refractivity contribution in [1.29, 1.82) is 0 Å². The molecule has 0 aromatic rings. The molecule has 0 aliphatic carbocycles. The maximum absolute atomic E-state index is 12.5. The lowest BCUT2D eigenvalue weighted by molar-refractivity contribution is -0.153. The Kier molecular flexibility index (Phi) is 4.77. The Morgan fingerprint density at radius 2 is 1.78 bits per heavy atom. The highest BCUT2D eigenvalue weighted by molar-refractivity contribution is 5.97. The standard InChI is InChI=1S/C14H26N2O2/c1-7-9(4)12-14(18)16(10(5)8(2)3)11(6)13(17)15-12/h8-12H,7H2,1-6H3,(H,15,17). The molecule has 0 spiro atoms. The maximum Gasteiger partial charge on any atom is 0.246 e. The van der Waals surface area contributed by atoms with Crippen LogP contribution in [0, 0.1) is 11.8 Å². The van der Waals surface area contributed by atoms with Crippen LogP contribution < -0.4 is 5.32 Å². The van der Waals surface area contributed by atoms with Gasteiger partial charge in [0.1, 0.15) is 12.1 Å². The van der Waals surface area contributed by atoms with Gasteiger partial charge in [0, 0.05) is 6.04 Å². The average Bonchev–Trinajstić information content (AvgIpc) is 2.32. The van der Waals surface area contributed by atoms with Gasteiger partial charge >= 0.3 is 0 Å². The fraction of sp³-hybridized carbons (Fsp3) is 0.857. The normalized spacial score (nSPS) is 28.3. The van der Waals surface area contributed by atoms with Crippen LogP contribution in [0.2, 0.25) is 0 Å². The van der Waals surface area contributed by atoms with Crippen molar-refractivity contribution in [2.75, 3.05) is 0 Å². The molecule has 2 amide bonds. The van der Waals surface area contributed by atoms with Gasteiger partial charge in [-0.25, -0.2) is 0 Å². The predicted molar refractivity (Wildman–Crippen MR) is 72.0 cm³/mol. The highest BCUT2D eigenvalue weighted by atomic mass is 16.2. The highest BCUT2D eigenvalue weighted by Crippen LogP contribution is 2.22. The van der Waals surface area contributed by atoms with Crippen molar-refractivity contribution in [1.82, 2.24) is 10.2 Å². The molecule has 18 heavy (non-hydrogen) atoms. The molecule has 1 saturated heterocycles. The van der Waals surface area contributed by atoms with Crippen molar-refractivity contribution in [3.63, 3.8) is 0 Å². The summed E-state index contributed by atoms with van der Waals surface area (Å²) in [6.45, 7) is 12.0. The van der Waals surface area contributed by atoms with Gasteiger partial charge in [-0.15, -0.1) is 0 Å². The second-order valence-electron chi connectivity index (χ2n) is 5.78. The molecule has 0 saturated carbocycles. The Balaban J connectivity index is 2.99. The topological polar surface area (TPSA) is 49.4 Å². The van der Waals surface area contributed by atoms with Crippen molar-refractivity contribution in [2.24, 2.45) is 11.8 Å². The number of carbonyl (C=O) groups excluding carboxylic acids is 2. The third-order valence-corrected chi connectivity index (χ3v) is 4.23. The van der Waals surface area contributed by atoms with Crippen LogP contribution in [-0.2, 0) is 9.59 Å². The Bertz CT molecular complexity index is 328. The lowest BCUT2D eigenvalue weighted by atomic mass is 9.92. The van der Waals surface area contributed by atoms with Gasteiger partial charge in [0.25, 0.3) is 0 Å². The van der Waals surface area contributed by atoms with E-state index in [1.807, 2.05) is 20.8 Å². The Labute approximate surface area is 110 Å². The van der Waals surface area contributed by atoms with E-state index >= 15 is 0 Å². The second-order valence-corrected chi connectivity index (χ2v) is 5.78. The summed E-state index contributed by atoms with van der Waals surface area (Å²) in [5, 5.41) is 2.86. The molecule has 0 radical (unpaired) electrons. The molecule has 104 valence electrons. The van der Waals surface area contributed by atoms with Crippen molar-refractivity contribution in [3.8, 4) is 0 Å². The zero-order chi connectivity index (χ0) is 14.0. The molecule has 4 unspecified atom stereocenters. The molecule has 0 aromatic heterocycles. The molecule has 0 bridgehead atoms. The molecule has 4 atom stereocenters. The number of nitrogens with zero attached hydrogens (tertiary/aromatic N) is 1. The molecular weight excluding hydrogens is 228 g/mol. The molecular formula is C14H26N2O2. The van der Waals surface area contributed by atoms with Gasteiger partial charge < -0.3 is 10.2 Å². The predicted octanol–water partition coefficient (Wildman–Crippen LogP) is 1.79. The van der Waals surface area contributed by atoms with E-state index < -0.39 is 0 Å². The number of hydrogen-bond donors (Lipinski definition) is 1. The summed E-state index contributed by atoms with van der Waals surface area (Å²) >= 11 is 0. The summed E-state index contributed by atoms with van der Waals surface area (Å²) in [6.07, 6.45) is 0.884. The van der Waals surface area contributed by atoms with Crippen LogP contribution >= 0.6 is 0 Å². The summed E-state index contributed by atoms with van der Waals surface area (Å²) in [4.78, 5) is 26.3. The monoisotopic (exact) mass is 254 g/mol. The zero-order valence-corrected chi connectivity index (χ0v) is 12.4. The largest absolute Gasteiger partial charge is 0.342 e. The first kappa shape index (κ1) is 15.0. The Morgan fingerprint density at radius 1 is 1.22 bits per heavy atom. The Morgan fingerprint density at radius 3 is 2.22 bits per heavy atom. The van der Waals surface area contributed by atoms with E-state index in [4.69, 9.17) is 0 Å². The first-order chi connectivity index (χ1) is 8.31. The molecule has 1 aliphatic rings. The highest BCUT2D eigenvalue weighted by Gasteiger charge is 2.42. The Hall–Kier alpha value is -1.06. The first-order valence-electron chi connectivity index (χ1n) is 6.93. The lowest BCUT2D eigenvalue weighted by Gasteiger charge is -2.43. The van der Waals surface area contributed by atoms with E-state index in [1.54, 1.807) is 11.8 Å². The SMILES string of the molecule is CCC(C)C1NC(=O)C(C)N(C(C)C(C)C)C1=O. The molecule has 1 heterocycles. The lowest BCUT2D eigenvalue weighted by Crippen LogP contribution is -2.66. The molecule has 1 N–H and O–H groups in total. The van der Waals surface area contributed by atoms with Crippen molar-refractivity contribution >= 4 is 11.8 Å². The van der Waals surface area contributed by atoms with Gasteiger partial charge in [-0.3, -0.25) is 9.59 Å². The van der Waals surface area contributed by atoms with E-state index in [-0.39, 0.29) is 35.9 Å². The third kappa shape index (κ3) is 2.68. The fourth-order valence-corrected chi connectivity index (χ4v) is 2.31. The minimum atomic E-state index is -0.366. The number of carbonyl (C=O) groups is 2. The summed E-state index contributed by atoms with van der Waals surface area (Å²) < 4.78 is 0. The summed E-state index contributed by atoms with van der Waals surface area (Å²) in [5.41, 5.74) is 0. The average molecular weight is 254 g/mol. The van der Waals surface area contributed by atoms with Crippen LogP contribution in [0.1, 0.15) is 48.0 Å². The molecule has 0 aromatic carbocycles. The van der Waals surface area contributed by atoms with Crippen LogP contribution in [0.4, 0.5) is 0 Å². The quantitative estimate of drug-likeness (QED) is 0.831. The number of amides is 2. The van der Waals surface area contributed by atoms with Crippen LogP contribution in [0.3, 0.4) is 0 Å². The molecule has 1 aliphatic heterocycles. The molecule has 4 nitrogen and oxygen atoms in total. The van der Waals surface area contributed by atoms with E-state index in [1.165, 1.54) is 0 Å².